The molecule has 1 amide bonds. The van der Waals surface area contributed by atoms with Crippen LogP contribution in [0, 0.1) is 0 Å². The molecule has 0 aliphatic carbocycles. The van der Waals surface area contributed by atoms with E-state index in [-0.39, 0.29) is 5.91 Å². The Labute approximate surface area is 145 Å². The average molecular weight is 354 g/mol. The van der Waals surface area contributed by atoms with Crippen LogP contribution in [0.2, 0.25) is 10.0 Å². The van der Waals surface area contributed by atoms with Crippen LogP contribution in [0.1, 0.15) is 16.9 Å². The number of ether oxygens (including phenoxy) is 1. The van der Waals surface area contributed by atoms with E-state index in [0.29, 0.717) is 40.3 Å². The minimum atomic E-state index is -0.234. The monoisotopic (exact) mass is 353 g/mol. The second-order valence-corrected chi connectivity index (χ2v) is 5.54. The summed E-state index contributed by atoms with van der Waals surface area (Å²) in [7, 11) is 1.62. The number of nitrogens with zero attached hydrogens (tertiary/aromatic N) is 1. The van der Waals surface area contributed by atoms with Gasteiger partial charge in [0.25, 0.3) is 5.91 Å². The Bertz CT molecular complexity index is 680. The zero-order valence-corrected chi connectivity index (χ0v) is 14.1. The van der Waals surface area contributed by atoms with Gasteiger partial charge in [0, 0.05) is 32.1 Å². The highest BCUT2D eigenvalue weighted by atomic mass is 35.5. The molecule has 1 aromatic carbocycles. The third-order valence-electron chi connectivity index (χ3n) is 3.03. The molecule has 0 saturated heterocycles. The predicted octanol–water partition coefficient (Wildman–Crippen LogP) is 3.90. The zero-order valence-electron chi connectivity index (χ0n) is 12.6. The van der Waals surface area contributed by atoms with Crippen molar-refractivity contribution in [3.8, 4) is 0 Å². The number of benzene rings is 1. The number of methoxy groups -OCH3 is 1. The summed E-state index contributed by atoms with van der Waals surface area (Å²) in [6.45, 7) is 1.13. The van der Waals surface area contributed by atoms with Gasteiger partial charge in [-0.2, -0.15) is 0 Å². The van der Waals surface area contributed by atoms with Crippen molar-refractivity contribution in [1.29, 1.82) is 0 Å². The number of rotatable bonds is 7. The van der Waals surface area contributed by atoms with Crippen LogP contribution in [-0.4, -0.2) is 31.2 Å². The van der Waals surface area contributed by atoms with E-state index in [9.17, 15) is 4.79 Å². The lowest BCUT2D eigenvalue weighted by Crippen LogP contribution is -2.26. The Kier molecular flexibility index (Phi) is 6.65. The summed E-state index contributed by atoms with van der Waals surface area (Å²) in [6, 6.07) is 8.71. The first-order valence-corrected chi connectivity index (χ1v) is 7.81. The summed E-state index contributed by atoms with van der Waals surface area (Å²) in [6.07, 6.45) is 2.31. The summed E-state index contributed by atoms with van der Waals surface area (Å²) in [4.78, 5) is 16.1. The summed E-state index contributed by atoms with van der Waals surface area (Å²) in [5, 5.41) is 6.80. The molecule has 0 bridgehead atoms. The number of hydrogen-bond donors (Lipinski definition) is 2. The first-order chi connectivity index (χ1) is 11.1. The fourth-order valence-electron chi connectivity index (χ4n) is 1.90. The molecular weight excluding hydrogens is 337 g/mol. The lowest BCUT2D eigenvalue weighted by Gasteiger charge is -2.10. The lowest BCUT2D eigenvalue weighted by atomic mass is 10.2. The molecule has 0 spiro atoms. The maximum absolute atomic E-state index is 12.0. The van der Waals surface area contributed by atoms with Gasteiger partial charge >= 0.3 is 0 Å². The topological polar surface area (TPSA) is 63.2 Å². The van der Waals surface area contributed by atoms with E-state index in [1.54, 1.807) is 43.6 Å². The number of anilines is 2. The Morgan fingerprint density at radius 3 is 2.91 bits per heavy atom. The molecule has 2 aromatic rings. The molecule has 7 heteroatoms. The van der Waals surface area contributed by atoms with E-state index in [2.05, 4.69) is 15.6 Å². The Morgan fingerprint density at radius 2 is 2.13 bits per heavy atom. The van der Waals surface area contributed by atoms with Crippen LogP contribution in [0.5, 0.6) is 0 Å². The molecule has 0 saturated carbocycles. The molecule has 1 aromatic heterocycles. The number of amides is 1. The molecule has 0 atom stereocenters. The van der Waals surface area contributed by atoms with E-state index < -0.39 is 0 Å². The van der Waals surface area contributed by atoms with Crippen molar-refractivity contribution in [2.24, 2.45) is 0 Å². The van der Waals surface area contributed by atoms with Gasteiger partial charge in [-0.05, 0) is 30.7 Å². The lowest BCUT2D eigenvalue weighted by molar-refractivity contribution is 0.0943. The van der Waals surface area contributed by atoms with Crippen molar-refractivity contribution in [3.63, 3.8) is 0 Å². The maximum atomic E-state index is 12.0. The van der Waals surface area contributed by atoms with Crippen molar-refractivity contribution in [2.45, 2.75) is 6.42 Å². The van der Waals surface area contributed by atoms with E-state index in [0.717, 1.165) is 6.42 Å². The molecule has 122 valence electrons. The van der Waals surface area contributed by atoms with Gasteiger partial charge in [0.05, 0.1) is 15.7 Å². The van der Waals surface area contributed by atoms with Gasteiger partial charge in [-0.25, -0.2) is 0 Å². The quantitative estimate of drug-likeness (QED) is 0.741. The average Bonchev–Trinajstić information content (AvgIpc) is 2.56. The van der Waals surface area contributed by atoms with Gasteiger partial charge in [-0.3, -0.25) is 9.78 Å². The van der Waals surface area contributed by atoms with Gasteiger partial charge in [0.2, 0.25) is 0 Å². The summed E-state index contributed by atoms with van der Waals surface area (Å²) >= 11 is 12.1. The molecule has 0 radical (unpaired) electrons. The van der Waals surface area contributed by atoms with Gasteiger partial charge in [-0.15, -0.1) is 0 Å². The van der Waals surface area contributed by atoms with Crippen LogP contribution < -0.4 is 10.6 Å². The number of carbonyl (C=O) groups is 1. The van der Waals surface area contributed by atoms with Crippen LogP contribution in [0.15, 0.2) is 36.5 Å². The number of nitrogens with one attached hydrogen (secondary N) is 2. The van der Waals surface area contributed by atoms with Gasteiger partial charge in [0.15, 0.2) is 0 Å². The Balaban J connectivity index is 2.04. The molecule has 5 nitrogen and oxygen atoms in total. The number of pyridine rings is 1. The van der Waals surface area contributed by atoms with Crippen molar-refractivity contribution in [3.05, 3.63) is 52.3 Å². The minimum absolute atomic E-state index is 0.234. The van der Waals surface area contributed by atoms with E-state index >= 15 is 0 Å². The smallest absolute Gasteiger partial charge is 0.269 e. The van der Waals surface area contributed by atoms with Gasteiger partial charge in [-0.1, -0.05) is 29.3 Å². The molecule has 2 rings (SSSR count). The standard InChI is InChI=1S/C16H17Cl2N3O2/c1-23-9-3-7-20-16(22)14-10-11(6-8-19-14)21-13-5-2-4-12(17)15(13)18/h2,4-6,8,10H,3,7,9H2,1H3,(H,19,21)(H,20,22). The molecule has 0 fully saturated rings. The van der Waals surface area contributed by atoms with Crippen LogP contribution >= 0.6 is 23.2 Å². The van der Waals surface area contributed by atoms with Crippen molar-refractivity contribution in [2.75, 3.05) is 25.6 Å². The molecule has 0 unspecified atom stereocenters. The Hall–Kier alpha value is -1.82. The van der Waals surface area contributed by atoms with Crippen molar-refractivity contribution < 1.29 is 9.53 Å². The highest BCUT2D eigenvalue weighted by molar-refractivity contribution is 6.43. The van der Waals surface area contributed by atoms with E-state index in [4.69, 9.17) is 27.9 Å². The Morgan fingerprint density at radius 1 is 1.30 bits per heavy atom. The summed E-state index contributed by atoms with van der Waals surface area (Å²) in [5.74, 6) is -0.234. The molecule has 0 aliphatic rings. The largest absolute Gasteiger partial charge is 0.385 e. The van der Waals surface area contributed by atoms with Gasteiger partial charge in [0.1, 0.15) is 5.69 Å². The van der Waals surface area contributed by atoms with E-state index in [1.165, 1.54) is 0 Å². The van der Waals surface area contributed by atoms with Crippen LogP contribution in [0.25, 0.3) is 0 Å². The predicted molar refractivity (Wildman–Crippen MR) is 92.8 cm³/mol. The van der Waals surface area contributed by atoms with Crippen molar-refractivity contribution in [1.82, 2.24) is 10.3 Å². The molecular formula is C16H17Cl2N3O2. The fourth-order valence-corrected chi connectivity index (χ4v) is 2.25. The van der Waals surface area contributed by atoms with Crippen molar-refractivity contribution >= 4 is 40.5 Å². The highest BCUT2D eigenvalue weighted by Crippen LogP contribution is 2.31. The van der Waals surface area contributed by atoms with Crippen LogP contribution in [0.3, 0.4) is 0 Å². The van der Waals surface area contributed by atoms with Crippen LogP contribution in [0.4, 0.5) is 11.4 Å². The number of aromatic nitrogens is 1. The van der Waals surface area contributed by atoms with Gasteiger partial charge < -0.3 is 15.4 Å². The number of carbonyl (C=O) groups excluding carboxylic acids is 1. The van der Waals surface area contributed by atoms with Crippen LogP contribution in [-0.2, 0) is 4.74 Å². The van der Waals surface area contributed by atoms with E-state index in [1.807, 2.05) is 0 Å². The minimum Gasteiger partial charge on any atom is -0.385 e. The zero-order chi connectivity index (χ0) is 16.7. The second kappa shape index (κ2) is 8.72. The number of hydrogen-bond acceptors (Lipinski definition) is 4. The number of halogens is 2. The third-order valence-corrected chi connectivity index (χ3v) is 3.85. The summed E-state index contributed by atoms with van der Waals surface area (Å²) < 4.78 is 4.94. The molecule has 23 heavy (non-hydrogen) atoms. The fraction of sp³-hybridized carbons (Fsp3) is 0.250. The third kappa shape index (κ3) is 5.10. The molecule has 1 heterocycles. The second-order valence-electron chi connectivity index (χ2n) is 4.76. The highest BCUT2D eigenvalue weighted by Gasteiger charge is 2.09. The summed E-state index contributed by atoms with van der Waals surface area (Å²) in [5.41, 5.74) is 1.69. The normalized spacial score (nSPS) is 10.4. The molecule has 0 aliphatic heterocycles. The molecule has 2 N–H and O–H groups in total. The first-order valence-electron chi connectivity index (χ1n) is 7.06. The SMILES string of the molecule is COCCCNC(=O)c1cc(Nc2cccc(Cl)c2Cl)ccn1. The maximum Gasteiger partial charge on any atom is 0.269 e. The first kappa shape index (κ1) is 17.5.